The summed E-state index contributed by atoms with van der Waals surface area (Å²) >= 11 is 3.39. The van der Waals surface area contributed by atoms with Gasteiger partial charge in [-0.3, -0.25) is 5.43 Å². The molecule has 1 aliphatic heterocycles. The summed E-state index contributed by atoms with van der Waals surface area (Å²) in [5.74, 6) is 0.762. The highest BCUT2D eigenvalue weighted by Crippen LogP contribution is 2.17. The van der Waals surface area contributed by atoms with Gasteiger partial charge < -0.3 is 14.7 Å². The molecule has 0 aliphatic carbocycles. The first kappa shape index (κ1) is 15.7. The van der Waals surface area contributed by atoms with E-state index < -0.39 is 6.10 Å². The Bertz CT molecular complexity index is 411. The molecule has 1 fully saturated rings. The summed E-state index contributed by atoms with van der Waals surface area (Å²) in [5.41, 5.74) is 3.26. The molecule has 0 amide bonds. The topological polar surface area (TPSA) is 48.0 Å². The maximum atomic E-state index is 9.93. The molecule has 1 heterocycles. The van der Waals surface area contributed by atoms with Crippen LogP contribution in [0.25, 0.3) is 0 Å². The molecule has 1 aromatic rings. The van der Waals surface area contributed by atoms with Gasteiger partial charge in [-0.05, 0) is 25.2 Å². The minimum absolute atomic E-state index is 0.289. The predicted molar refractivity (Wildman–Crippen MR) is 82.7 cm³/mol. The van der Waals surface area contributed by atoms with E-state index in [4.69, 9.17) is 4.74 Å². The molecular weight excluding hydrogens is 322 g/mol. The summed E-state index contributed by atoms with van der Waals surface area (Å²) in [6.07, 6.45) is -0.520. The second-order valence-electron chi connectivity index (χ2n) is 5.07. The van der Waals surface area contributed by atoms with Crippen LogP contribution >= 0.6 is 15.9 Å². The van der Waals surface area contributed by atoms with Crippen molar-refractivity contribution in [1.29, 1.82) is 0 Å². The Hall–Kier alpha value is -0.660. The normalized spacial score (nSPS) is 18.9. The van der Waals surface area contributed by atoms with Crippen LogP contribution in [-0.2, 0) is 0 Å². The number of benzene rings is 1. The SMILES string of the molecule is CN1CCN(NCC(O)COc2cccc(Br)c2)CC1. The van der Waals surface area contributed by atoms with E-state index in [9.17, 15) is 5.11 Å². The van der Waals surface area contributed by atoms with Crippen molar-refractivity contribution in [3.63, 3.8) is 0 Å². The average molecular weight is 344 g/mol. The minimum atomic E-state index is -0.520. The van der Waals surface area contributed by atoms with Gasteiger partial charge in [0, 0.05) is 37.2 Å². The molecule has 5 nitrogen and oxygen atoms in total. The van der Waals surface area contributed by atoms with E-state index >= 15 is 0 Å². The lowest BCUT2D eigenvalue weighted by molar-refractivity contribution is 0.0548. The second kappa shape index (κ2) is 7.95. The van der Waals surface area contributed by atoms with E-state index in [-0.39, 0.29) is 6.61 Å². The van der Waals surface area contributed by atoms with Gasteiger partial charge in [0.05, 0.1) is 0 Å². The summed E-state index contributed by atoms with van der Waals surface area (Å²) in [6.45, 7) is 4.87. The van der Waals surface area contributed by atoms with E-state index in [1.54, 1.807) is 0 Å². The van der Waals surface area contributed by atoms with Crippen LogP contribution in [0.4, 0.5) is 0 Å². The number of nitrogens with zero attached hydrogens (tertiary/aromatic N) is 2. The summed E-state index contributed by atoms with van der Waals surface area (Å²) in [4.78, 5) is 2.30. The predicted octanol–water partition coefficient (Wildman–Crippen LogP) is 0.941. The Balaban J connectivity index is 1.64. The molecule has 0 radical (unpaired) electrons. The Morgan fingerprint density at radius 3 is 2.80 bits per heavy atom. The zero-order valence-corrected chi connectivity index (χ0v) is 13.3. The fraction of sp³-hybridized carbons (Fsp3) is 0.571. The maximum absolute atomic E-state index is 9.93. The van der Waals surface area contributed by atoms with Gasteiger partial charge in [0.15, 0.2) is 0 Å². The van der Waals surface area contributed by atoms with Crippen LogP contribution in [0.5, 0.6) is 5.75 Å². The molecule has 0 saturated carbocycles. The molecule has 1 unspecified atom stereocenters. The van der Waals surface area contributed by atoms with Crippen molar-refractivity contribution < 1.29 is 9.84 Å². The van der Waals surface area contributed by atoms with E-state index in [0.29, 0.717) is 6.54 Å². The molecule has 0 spiro atoms. The standard InChI is InChI=1S/C14H22BrN3O2/c1-17-5-7-18(8-6-17)16-10-13(19)11-20-14-4-2-3-12(15)9-14/h2-4,9,13,16,19H,5-8,10-11H2,1H3. The van der Waals surface area contributed by atoms with Crippen LogP contribution in [0.2, 0.25) is 0 Å². The van der Waals surface area contributed by atoms with Crippen LogP contribution in [-0.4, -0.2) is 67.5 Å². The van der Waals surface area contributed by atoms with Crippen molar-refractivity contribution in [2.24, 2.45) is 0 Å². The quantitative estimate of drug-likeness (QED) is 0.805. The Morgan fingerprint density at radius 2 is 2.10 bits per heavy atom. The van der Waals surface area contributed by atoms with E-state index in [0.717, 1.165) is 36.4 Å². The lowest BCUT2D eigenvalue weighted by Gasteiger charge is -2.33. The molecule has 0 bridgehead atoms. The third-order valence-corrected chi connectivity index (χ3v) is 3.79. The summed E-state index contributed by atoms with van der Waals surface area (Å²) in [6, 6.07) is 7.62. The first-order chi connectivity index (χ1) is 9.63. The number of aliphatic hydroxyl groups excluding tert-OH is 1. The summed E-state index contributed by atoms with van der Waals surface area (Å²) in [5, 5.41) is 12.1. The molecule has 1 atom stereocenters. The summed E-state index contributed by atoms with van der Waals surface area (Å²) < 4.78 is 6.53. The molecule has 1 aromatic carbocycles. The number of likely N-dealkylation sites (N-methyl/N-ethyl adjacent to an activating group) is 1. The van der Waals surface area contributed by atoms with Crippen molar-refractivity contribution >= 4 is 15.9 Å². The second-order valence-corrected chi connectivity index (χ2v) is 5.99. The largest absolute Gasteiger partial charge is 0.491 e. The van der Waals surface area contributed by atoms with Crippen LogP contribution < -0.4 is 10.2 Å². The van der Waals surface area contributed by atoms with Gasteiger partial charge in [0.25, 0.3) is 0 Å². The third kappa shape index (κ3) is 5.38. The monoisotopic (exact) mass is 343 g/mol. The highest BCUT2D eigenvalue weighted by atomic mass is 79.9. The highest BCUT2D eigenvalue weighted by Gasteiger charge is 2.14. The zero-order chi connectivity index (χ0) is 14.4. The number of rotatable bonds is 6. The smallest absolute Gasteiger partial charge is 0.120 e. The number of hydrogen-bond acceptors (Lipinski definition) is 5. The molecule has 112 valence electrons. The van der Waals surface area contributed by atoms with Crippen LogP contribution in [0.3, 0.4) is 0 Å². The van der Waals surface area contributed by atoms with Gasteiger partial charge >= 0.3 is 0 Å². The van der Waals surface area contributed by atoms with Crippen molar-refractivity contribution in [2.75, 3.05) is 46.4 Å². The number of aliphatic hydroxyl groups is 1. The fourth-order valence-corrected chi connectivity index (χ4v) is 2.39. The molecule has 20 heavy (non-hydrogen) atoms. The molecule has 2 rings (SSSR count). The molecule has 2 N–H and O–H groups in total. The first-order valence-corrected chi connectivity index (χ1v) is 7.66. The summed E-state index contributed by atoms with van der Waals surface area (Å²) in [7, 11) is 2.12. The van der Waals surface area contributed by atoms with Gasteiger partial charge in [0.1, 0.15) is 18.5 Å². The number of ether oxygens (including phenoxy) is 1. The number of halogens is 1. The lowest BCUT2D eigenvalue weighted by Crippen LogP contribution is -2.52. The van der Waals surface area contributed by atoms with Crippen molar-refractivity contribution in [3.8, 4) is 5.75 Å². The van der Waals surface area contributed by atoms with Crippen molar-refractivity contribution in [3.05, 3.63) is 28.7 Å². The molecule has 0 aromatic heterocycles. The molecule has 1 aliphatic rings. The van der Waals surface area contributed by atoms with Gasteiger partial charge in [-0.1, -0.05) is 22.0 Å². The van der Waals surface area contributed by atoms with Gasteiger partial charge in [0.2, 0.25) is 0 Å². The lowest BCUT2D eigenvalue weighted by atomic mass is 10.3. The molecular formula is C14H22BrN3O2. The van der Waals surface area contributed by atoms with Crippen molar-refractivity contribution in [2.45, 2.75) is 6.10 Å². The van der Waals surface area contributed by atoms with E-state index in [2.05, 4.69) is 38.3 Å². The average Bonchev–Trinajstić information content (AvgIpc) is 2.45. The fourth-order valence-electron chi connectivity index (χ4n) is 2.01. The number of hydrogen-bond donors (Lipinski definition) is 2. The maximum Gasteiger partial charge on any atom is 0.120 e. The number of piperazine rings is 1. The van der Waals surface area contributed by atoms with Gasteiger partial charge in [-0.15, -0.1) is 0 Å². The minimum Gasteiger partial charge on any atom is -0.491 e. The molecule has 1 saturated heterocycles. The van der Waals surface area contributed by atoms with Gasteiger partial charge in [-0.2, -0.15) is 0 Å². The first-order valence-electron chi connectivity index (χ1n) is 6.87. The van der Waals surface area contributed by atoms with Crippen molar-refractivity contribution in [1.82, 2.24) is 15.3 Å². The van der Waals surface area contributed by atoms with Crippen LogP contribution in [0.15, 0.2) is 28.7 Å². The van der Waals surface area contributed by atoms with Gasteiger partial charge in [-0.25, -0.2) is 5.01 Å². The van der Waals surface area contributed by atoms with E-state index in [1.807, 2.05) is 24.3 Å². The Kier molecular flexibility index (Phi) is 6.25. The van der Waals surface area contributed by atoms with Crippen LogP contribution in [0, 0.1) is 0 Å². The highest BCUT2D eigenvalue weighted by molar-refractivity contribution is 9.10. The Morgan fingerprint density at radius 1 is 1.35 bits per heavy atom. The zero-order valence-electron chi connectivity index (χ0n) is 11.8. The van der Waals surface area contributed by atoms with E-state index in [1.165, 1.54) is 0 Å². The third-order valence-electron chi connectivity index (χ3n) is 3.29. The molecule has 6 heteroatoms. The number of nitrogens with one attached hydrogen (secondary N) is 1. The Labute approximate surface area is 128 Å². The number of hydrazine groups is 1. The van der Waals surface area contributed by atoms with Crippen LogP contribution in [0.1, 0.15) is 0 Å².